The first-order valence-corrected chi connectivity index (χ1v) is 13.7. The van der Waals surface area contributed by atoms with E-state index in [4.69, 9.17) is 10.5 Å². The third-order valence-corrected chi connectivity index (χ3v) is 6.32. The van der Waals surface area contributed by atoms with Crippen molar-refractivity contribution in [1.82, 2.24) is 15.5 Å². The van der Waals surface area contributed by atoms with Crippen molar-refractivity contribution in [2.45, 2.75) is 97.8 Å². The lowest BCUT2D eigenvalue weighted by Gasteiger charge is -2.35. The number of hydrogen-bond acceptors (Lipinski definition) is 7. The van der Waals surface area contributed by atoms with Crippen molar-refractivity contribution in [3.05, 3.63) is 34.9 Å². The maximum atomic E-state index is 14.1. The molecule has 2 unspecified atom stereocenters. The highest BCUT2D eigenvalue weighted by Gasteiger charge is 2.37. The number of nitrogens with one attached hydrogen (secondary N) is 2. The Morgan fingerprint density at radius 2 is 1.68 bits per heavy atom. The van der Waals surface area contributed by atoms with E-state index in [1.54, 1.807) is 32.9 Å². The van der Waals surface area contributed by atoms with Crippen molar-refractivity contribution in [2.75, 3.05) is 20.2 Å². The van der Waals surface area contributed by atoms with Crippen molar-refractivity contribution < 1.29 is 33.4 Å². The molecule has 1 rings (SSSR count). The summed E-state index contributed by atoms with van der Waals surface area (Å²) in [6.07, 6.45) is 3.00. The molecule has 0 aliphatic heterocycles. The van der Waals surface area contributed by atoms with Gasteiger partial charge in [0.25, 0.3) is 0 Å². The average molecular weight is 563 g/mol. The minimum Gasteiger partial charge on any atom is -0.468 e. The summed E-state index contributed by atoms with van der Waals surface area (Å²) in [4.78, 5) is 65.4. The average Bonchev–Trinajstić information content (AvgIpc) is 2.86. The van der Waals surface area contributed by atoms with Gasteiger partial charge in [-0.05, 0) is 57.7 Å². The van der Waals surface area contributed by atoms with Gasteiger partial charge in [-0.1, -0.05) is 50.8 Å². The van der Waals surface area contributed by atoms with Crippen LogP contribution in [0.15, 0.2) is 18.2 Å². The Hall–Kier alpha value is -3.63. The second-order valence-corrected chi connectivity index (χ2v) is 10.8. The van der Waals surface area contributed by atoms with Crippen LogP contribution < -0.4 is 16.4 Å². The standard InChI is InChI=1S/C29H46N4O7/c1-8-9-10-11-12-16-33(27(37)22(17-23(30)34)32-28(38)40-29(4,5)6)25(26(36)31-18-24(35)39-7)21-15-13-14-19(2)20(21)3/h13-15,22,25H,8-12,16-18H2,1-7H3,(H2,30,34)(H,31,36)(H,32,38). The molecule has 0 radical (unpaired) electrons. The number of aryl methyl sites for hydroxylation is 1. The molecule has 0 spiro atoms. The van der Waals surface area contributed by atoms with Crippen LogP contribution in [0.1, 0.15) is 89.0 Å². The molecule has 4 amide bonds. The van der Waals surface area contributed by atoms with Crippen LogP contribution in [0.4, 0.5) is 4.79 Å². The molecule has 0 fully saturated rings. The zero-order valence-electron chi connectivity index (χ0n) is 24.9. The minimum atomic E-state index is -1.37. The van der Waals surface area contributed by atoms with E-state index in [0.717, 1.165) is 36.8 Å². The van der Waals surface area contributed by atoms with E-state index in [-0.39, 0.29) is 6.54 Å². The molecule has 0 heterocycles. The predicted molar refractivity (Wildman–Crippen MR) is 151 cm³/mol. The molecular formula is C29H46N4O7. The number of hydrogen-bond donors (Lipinski definition) is 3. The maximum absolute atomic E-state index is 14.1. The molecule has 1 aromatic carbocycles. The van der Waals surface area contributed by atoms with Gasteiger partial charge in [0.2, 0.25) is 17.7 Å². The topological polar surface area (TPSA) is 157 Å². The second-order valence-electron chi connectivity index (χ2n) is 10.8. The first-order chi connectivity index (χ1) is 18.7. The van der Waals surface area contributed by atoms with E-state index >= 15 is 0 Å². The lowest BCUT2D eigenvalue weighted by Crippen LogP contribution is -2.54. The number of carbonyl (C=O) groups is 5. The number of methoxy groups -OCH3 is 1. The maximum Gasteiger partial charge on any atom is 0.408 e. The molecule has 0 bridgehead atoms. The van der Waals surface area contributed by atoms with Gasteiger partial charge in [-0.25, -0.2) is 4.79 Å². The SMILES string of the molecule is CCCCCCCN(C(=O)C(CC(N)=O)NC(=O)OC(C)(C)C)C(C(=O)NCC(=O)OC)c1cccc(C)c1C. The number of primary amides is 1. The first-order valence-electron chi connectivity index (χ1n) is 13.7. The molecule has 0 aliphatic carbocycles. The summed E-state index contributed by atoms with van der Waals surface area (Å²) in [7, 11) is 1.21. The van der Waals surface area contributed by atoms with Crippen molar-refractivity contribution in [1.29, 1.82) is 0 Å². The number of alkyl carbamates (subject to hydrolysis) is 1. The smallest absolute Gasteiger partial charge is 0.408 e. The molecule has 4 N–H and O–H groups in total. The van der Waals surface area contributed by atoms with Gasteiger partial charge in [0.15, 0.2) is 0 Å². The lowest BCUT2D eigenvalue weighted by atomic mass is 9.94. The van der Waals surface area contributed by atoms with Crippen LogP contribution in [0.3, 0.4) is 0 Å². The molecular weight excluding hydrogens is 516 g/mol. The molecule has 11 nitrogen and oxygen atoms in total. The van der Waals surface area contributed by atoms with Crippen LogP contribution in [0.2, 0.25) is 0 Å². The Balaban J connectivity index is 3.57. The molecule has 0 saturated heterocycles. The summed E-state index contributed by atoms with van der Waals surface area (Å²) in [6, 6.07) is 2.89. The minimum absolute atomic E-state index is 0.164. The molecule has 2 atom stereocenters. The Bertz CT molecular complexity index is 1040. The zero-order chi connectivity index (χ0) is 30.5. The number of rotatable bonds is 15. The highest BCUT2D eigenvalue weighted by atomic mass is 16.6. The molecule has 0 aliphatic rings. The highest BCUT2D eigenvalue weighted by Crippen LogP contribution is 2.28. The van der Waals surface area contributed by atoms with E-state index in [1.165, 1.54) is 12.0 Å². The third-order valence-electron chi connectivity index (χ3n) is 6.32. The Kier molecular flexibility index (Phi) is 14.2. The van der Waals surface area contributed by atoms with Gasteiger partial charge in [0.1, 0.15) is 24.2 Å². The van der Waals surface area contributed by atoms with Crippen molar-refractivity contribution in [2.24, 2.45) is 5.73 Å². The quantitative estimate of drug-likeness (QED) is 0.219. The van der Waals surface area contributed by atoms with E-state index < -0.39 is 60.4 Å². The summed E-state index contributed by atoms with van der Waals surface area (Å²) in [6.45, 7) is 10.6. The summed E-state index contributed by atoms with van der Waals surface area (Å²) in [5, 5.41) is 5.03. The third kappa shape index (κ3) is 11.6. The molecule has 40 heavy (non-hydrogen) atoms. The van der Waals surface area contributed by atoms with Crippen LogP contribution >= 0.6 is 0 Å². The Labute approximate surface area is 237 Å². The lowest BCUT2D eigenvalue weighted by molar-refractivity contribution is -0.145. The zero-order valence-corrected chi connectivity index (χ0v) is 24.9. The van der Waals surface area contributed by atoms with Crippen LogP contribution in [0.5, 0.6) is 0 Å². The number of esters is 1. The number of amides is 4. The van der Waals surface area contributed by atoms with Gasteiger partial charge >= 0.3 is 12.1 Å². The molecule has 0 saturated carbocycles. The predicted octanol–water partition coefficient (Wildman–Crippen LogP) is 3.20. The van der Waals surface area contributed by atoms with Gasteiger partial charge in [0, 0.05) is 6.54 Å². The van der Waals surface area contributed by atoms with Crippen molar-refractivity contribution >= 4 is 29.8 Å². The highest BCUT2D eigenvalue weighted by molar-refractivity contribution is 5.95. The number of benzene rings is 1. The summed E-state index contributed by atoms with van der Waals surface area (Å²) >= 11 is 0. The normalized spacial score (nSPS) is 12.6. The largest absolute Gasteiger partial charge is 0.468 e. The number of ether oxygens (including phenoxy) is 2. The number of carbonyl (C=O) groups excluding carboxylic acids is 5. The second kappa shape index (κ2) is 16.5. The molecule has 224 valence electrons. The fourth-order valence-corrected chi connectivity index (χ4v) is 4.15. The van der Waals surface area contributed by atoms with Crippen LogP contribution in [0, 0.1) is 13.8 Å². The van der Waals surface area contributed by atoms with Gasteiger partial charge in [-0.15, -0.1) is 0 Å². The summed E-state index contributed by atoms with van der Waals surface area (Å²) in [5.41, 5.74) is 6.84. The van der Waals surface area contributed by atoms with Crippen LogP contribution in [-0.4, -0.2) is 66.5 Å². The summed E-state index contributed by atoms with van der Waals surface area (Å²) < 4.78 is 9.96. The van der Waals surface area contributed by atoms with E-state index in [9.17, 15) is 24.0 Å². The monoisotopic (exact) mass is 562 g/mol. The fraction of sp³-hybridized carbons (Fsp3) is 0.621. The van der Waals surface area contributed by atoms with Gasteiger partial charge in [-0.3, -0.25) is 19.2 Å². The molecule has 11 heteroatoms. The van der Waals surface area contributed by atoms with Crippen LogP contribution in [0.25, 0.3) is 0 Å². The number of nitrogens with zero attached hydrogens (tertiary/aromatic N) is 1. The Morgan fingerprint density at radius 3 is 2.25 bits per heavy atom. The number of nitrogens with two attached hydrogens (primary N) is 1. The Morgan fingerprint density at radius 1 is 1.02 bits per heavy atom. The van der Waals surface area contributed by atoms with Gasteiger partial charge < -0.3 is 30.7 Å². The number of unbranched alkanes of at least 4 members (excludes halogenated alkanes) is 4. The van der Waals surface area contributed by atoms with Crippen LogP contribution in [-0.2, 0) is 28.7 Å². The van der Waals surface area contributed by atoms with E-state index in [0.29, 0.717) is 12.0 Å². The van der Waals surface area contributed by atoms with Gasteiger partial charge in [-0.2, -0.15) is 0 Å². The molecule has 0 aromatic heterocycles. The van der Waals surface area contributed by atoms with Crippen molar-refractivity contribution in [3.63, 3.8) is 0 Å². The van der Waals surface area contributed by atoms with Gasteiger partial charge in [0.05, 0.1) is 13.5 Å². The van der Waals surface area contributed by atoms with E-state index in [2.05, 4.69) is 22.3 Å². The summed E-state index contributed by atoms with van der Waals surface area (Å²) in [5.74, 6) is -2.73. The fourth-order valence-electron chi connectivity index (χ4n) is 4.15. The first kappa shape index (κ1) is 34.4. The van der Waals surface area contributed by atoms with Crippen molar-refractivity contribution in [3.8, 4) is 0 Å². The van der Waals surface area contributed by atoms with E-state index in [1.807, 2.05) is 19.9 Å². The molecule has 1 aromatic rings.